The van der Waals surface area contributed by atoms with Crippen molar-refractivity contribution in [1.82, 2.24) is 10.6 Å². The predicted molar refractivity (Wildman–Crippen MR) is 75.5 cm³/mol. The topological polar surface area (TPSA) is 84.2 Å². The maximum Gasteiger partial charge on any atom is 0.236 e. The quantitative estimate of drug-likeness (QED) is 0.627. The summed E-state index contributed by atoms with van der Waals surface area (Å²) in [6.07, 6.45) is 5.94. The number of hydrogen-bond acceptors (Lipinski definition) is 3. The van der Waals surface area contributed by atoms with Crippen molar-refractivity contribution >= 4 is 11.8 Å². The molecular weight excluding hydrogens is 242 g/mol. The molecule has 3 atom stereocenters. The number of rotatable bonds is 6. The maximum absolute atomic E-state index is 11.8. The predicted octanol–water partition coefficient (Wildman–Crippen LogP) is 0.925. The molecule has 19 heavy (non-hydrogen) atoms. The molecule has 110 valence electrons. The van der Waals surface area contributed by atoms with Gasteiger partial charge < -0.3 is 16.4 Å². The van der Waals surface area contributed by atoms with E-state index in [4.69, 9.17) is 5.73 Å². The third-order valence-electron chi connectivity index (χ3n) is 3.79. The summed E-state index contributed by atoms with van der Waals surface area (Å²) < 4.78 is 0. The highest BCUT2D eigenvalue weighted by Gasteiger charge is 2.30. The minimum atomic E-state index is -0.281. The number of amides is 2. The van der Waals surface area contributed by atoms with E-state index in [1.807, 2.05) is 13.8 Å². The van der Waals surface area contributed by atoms with Crippen LogP contribution in [0.1, 0.15) is 52.4 Å². The molecule has 0 spiro atoms. The molecule has 0 aromatic heterocycles. The molecule has 1 saturated carbocycles. The molecule has 1 aliphatic rings. The molecule has 1 rings (SSSR count). The van der Waals surface area contributed by atoms with E-state index in [9.17, 15) is 9.59 Å². The van der Waals surface area contributed by atoms with Gasteiger partial charge in [0, 0.05) is 12.6 Å². The van der Waals surface area contributed by atoms with Crippen LogP contribution in [-0.2, 0) is 9.59 Å². The zero-order valence-electron chi connectivity index (χ0n) is 12.1. The first-order chi connectivity index (χ1) is 9.06. The van der Waals surface area contributed by atoms with Crippen LogP contribution in [0.3, 0.4) is 0 Å². The van der Waals surface area contributed by atoms with E-state index in [2.05, 4.69) is 10.6 Å². The third kappa shape index (κ3) is 5.19. The molecule has 0 aromatic rings. The molecule has 0 aliphatic heterocycles. The van der Waals surface area contributed by atoms with Crippen LogP contribution >= 0.6 is 0 Å². The Morgan fingerprint density at radius 3 is 2.58 bits per heavy atom. The summed E-state index contributed by atoms with van der Waals surface area (Å²) >= 11 is 0. The highest BCUT2D eigenvalue weighted by Crippen LogP contribution is 2.23. The van der Waals surface area contributed by atoms with Crippen molar-refractivity contribution in [3.05, 3.63) is 0 Å². The SMILES string of the molecule is CCCNC(=O)[C@H](C)N[C@H]1CCCCC[C@H]1C(N)=O. The summed E-state index contributed by atoms with van der Waals surface area (Å²) in [7, 11) is 0. The van der Waals surface area contributed by atoms with Gasteiger partial charge in [0.25, 0.3) is 0 Å². The molecular formula is C14H27N3O2. The minimum absolute atomic E-state index is 0.00526. The average molecular weight is 269 g/mol. The van der Waals surface area contributed by atoms with Crippen molar-refractivity contribution < 1.29 is 9.59 Å². The second kappa shape index (κ2) is 8.15. The summed E-state index contributed by atoms with van der Waals surface area (Å²) in [6.45, 7) is 4.55. The van der Waals surface area contributed by atoms with Crippen LogP contribution in [0, 0.1) is 5.92 Å². The van der Waals surface area contributed by atoms with Crippen LogP contribution < -0.4 is 16.4 Å². The first kappa shape index (κ1) is 16.0. The van der Waals surface area contributed by atoms with Gasteiger partial charge in [-0.15, -0.1) is 0 Å². The molecule has 1 aliphatic carbocycles. The van der Waals surface area contributed by atoms with Crippen LogP contribution in [-0.4, -0.2) is 30.4 Å². The summed E-state index contributed by atoms with van der Waals surface area (Å²) in [4.78, 5) is 23.4. The van der Waals surface area contributed by atoms with Crippen molar-refractivity contribution in [2.45, 2.75) is 64.5 Å². The lowest BCUT2D eigenvalue weighted by molar-refractivity contribution is -0.125. The van der Waals surface area contributed by atoms with Gasteiger partial charge in [0.15, 0.2) is 0 Å². The van der Waals surface area contributed by atoms with Gasteiger partial charge in [-0.25, -0.2) is 0 Å². The van der Waals surface area contributed by atoms with Gasteiger partial charge >= 0.3 is 0 Å². The Labute approximate surface area is 115 Å². The number of primary amides is 1. The Hall–Kier alpha value is -1.10. The summed E-state index contributed by atoms with van der Waals surface area (Å²) in [6, 6.07) is -0.251. The van der Waals surface area contributed by atoms with Crippen LogP contribution in [0.15, 0.2) is 0 Å². The molecule has 2 amide bonds. The Balaban J connectivity index is 2.55. The second-order valence-electron chi connectivity index (χ2n) is 5.43. The molecule has 5 heteroatoms. The van der Waals surface area contributed by atoms with E-state index < -0.39 is 0 Å². The molecule has 5 nitrogen and oxygen atoms in total. The highest BCUT2D eigenvalue weighted by atomic mass is 16.2. The maximum atomic E-state index is 11.8. The first-order valence-corrected chi connectivity index (χ1v) is 7.39. The smallest absolute Gasteiger partial charge is 0.236 e. The normalized spacial score (nSPS) is 25.4. The number of carbonyl (C=O) groups is 2. The Kier molecular flexibility index (Phi) is 6.84. The lowest BCUT2D eigenvalue weighted by atomic mass is 9.93. The monoisotopic (exact) mass is 269 g/mol. The zero-order valence-corrected chi connectivity index (χ0v) is 12.1. The number of carbonyl (C=O) groups excluding carboxylic acids is 2. The number of nitrogens with two attached hydrogens (primary N) is 1. The minimum Gasteiger partial charge on any atom is -0.369 e. The van der Waals surface area contributed by atoms with Crippen molar-refractivity contribution in [3.63, 3.8) is 0 Å². The van der Waals surface area contributed by atoms with Gasteiger partial charge in [-0.1, -0.05) is 26.2 Å². The first-order valence-electron chi connectivity index (χ1n) is 7.39. The average Bonchev–Trinajstić information content (AvgIpc) is 2.61. The van der Waals surface area contributed by atoms with E-state index >= 15 is 0 Å². The second-order valence-corrected chi connectivity index (χ2v) is 5.43. The molecule has 0 heterocycles. The van der Waals surface area contributed by atoms with E-state index in [0.717, 1.165) is 38.5 Å². The van der Waals surface area contributed by atoms with Crippen LogP contribution in [0.2, 0.25) is 0 Å². The molecule has 0 radical (unpaired) electrons. The number of hydrogen-bond donors (Lipinski definition) is 3. The van der Waals surface area contributed by atoms with Gasteiger partial charge in [0.05, 0.1) is 12.0 Å². The zero-order chi connectivity index (χ0) is 14.3. The van der Waals surface area contributed by atoms with Crippen molar-refractivity contribution in [3.8, 4) is 0 Å². The fraction of sp³-hybridized carbons (Fsp3) is 0.857. The van der Waals surface area contributed by atoms with E-state index in [1.165, 1.54) is 0 Å². The Bertz CT molecular complexity index is 307. The molecule has 0 aromatic carbocycles. The van der Waals surface area contributed by atoms with Crippen molar-refractivity contribution in [1.29, 1.82) is 0 Å². The van der Waals surface area contributed by atoms with Crippen LogP contribution in [0.4, 0.5) is 0 Å². The van der Waals surface area contributed by atoms with Crippen molar-refractivity contribution in [2.24, 2.45) is 11.7 Å². The fourth-order valence-corrected chi connectivity index (χ4v) is 2.65. The van der Waals surface area contributed by atoms with Gasteiger partial charge in [-0.2, -0.15) is 0 Å². The molecule has 4 N–H and O–H groups in total. The van der Waals surface area contributed by atoms with Gasteiger partial charge in [0.2, 0.25) is 11.8 Å². The van der Waals surface area contributed by atoms with Crippen molar-refractivity contribution in [2.75, 3.05) is 6.54 Å². The molecule has 0 unspecified atom stereocenters. The van der Waals surface area contributed by atoms with Gasteiger partial charge in [-0.05, 0) is 26.2 Å². The fourth-order valence-electron chi connectivity index (χ4n) is 2.65. The standard InChI is InChI=1S/C14H27N3O2/c1-3-9-16-14(19)10(2)17-12-8-6-4-5-7-11(12)13(15)18/h10-12,17H,3-9H2,1-2H3,(H2,15,18)(H,16,19)/t10-,11+,12-/m0/s1. The molecule has 1 fully saturated rings. The lowest BCUT2D eigenvalue weighted by Gasteiger charge is -2.26. The number of nitrogens with one attached hydrogen (secondary N) is 2. The van der Waals surface area contributed by atoms with E-state index in [0.29, 0.717) is 6.54 Å². The lowest BCUT2D eigenvalue weighted by Crippen LogP contribution is -2.51. The van der Waals surface area contributed by atoms with Gasteiger partial charge in [-0.3, -0.25) is 9.59 Å². The largest absolute Gasteiger partial charge is 0.369 e. The Morgan fingerprint density at radius 1 is 1.26 bits per heavy atom. The molecule has 0 saturated heterocycles. The van der Waals surface area contributed by atoms with E-state index in [-0.39, 0.29) is 29.8 Å². The van der Waals surface area contributed by atoms with E-state index in [1.54, 1.807) is 0 Å². The summed E-state index contributed by atoms with van der Waals surface area (Å²) in [5.41, 5.74) is 5.48. The van der Waals surface area contributed by atoms with Gasteiger partial charge in [0.1, 0.15) is 0 Å². The Morgan fingerprint density at radius 2 is 1.95 bits per heavy atom. The molecule has 0 bridgehead atoms. The highest BCUT2D eigenvalue weighted by molar-refractivity contribution is 5.81. The third-order valence-corrected chi connectivity index (χ3v) is 3.79. The summed E-state index contributed by atoms with van der Waals surface area (Å²) in [5.74, 6) is -0.404. The van der Waals surface area contributed by atoms with Crippen LogP contribution in [0.5, 0.6) is 0 Å². The summed E-state index contributed by atoms with van der Waals surface area (Å²) in [5, 5.41) is 6.15. The van der Waals surface area contributed by atoms with Crippen LogP contribution in [0.25, 0.3) is 0 Å².